The Bertz CT molecular complexity index is 347. The Morgan fingerprint density at radius 1 is 1.08 bits per heavy atom. The summed E-state index contributed by atoms with van der Waals surface area (Å²) in [6.07, 6.45) is 0. The monoisotopic (exact) mass is 176 g/mol. The highest BCUT2D eigenvalue weighted by Gasteiger charge is 2.02. The lowest BCUT2D eigenvalue weighted by Crippen LogP contribution is -1.95. The Balaban J connectivity index is 3.29. The van der Waals surface area contributed by atoms with Gasteiger partial charge >= 0.3 is 0 Å². The maximum absolute atomic E-state index is 5.84. The molecule has 0 saturated heterocycles. The molecule has 0 aliphatic carbocycles. The second-order valence-corrected chi connectivity index (χ2v) is 3.47. The fourth-order valence-corrected chi connectivity index (χ4v) is 1.17. The lowest BCUT2D eigenvalue weighted by Gasteiger charge is -2.08. The predicted molar refractivity (Wildman–Crippen MR) is 59.2 cm³/mol. The second kappa shape index (κ2) is 3.52. The summed E-state index contributed by atoms with van der Waals surface area (Å²) in [4.78, 5) is 0. The number of rotatable bonds is 1. The third-order valence-electron chi connectivity index (χ3n) is 2.23. The molecule has 13 heavy (non-hydrogen) atoms. The van der Waals surface area contributed by atoms with Crippen LogP contribution < -0.4 is 11.5 Å². The van der Waals surface area contributed by atoms with Crippen LogP contribution >= 0.6 is 0 Å². The van der Waals surface area contributed by atoms with E-state index < -0.39 is 0 Å². The van der Waals surface area contributed by atoms with Gasteiger partial charge < -0.3 is 11.5 Å². The van der Waals surface area contributed by atoms with Gasteiger partial charge in [0.15, 0.2) is 0 Å². The van der Waals surface area contributed by atoms with Crippen molar-refractivity contribution in [2.45, 2.75) is 20.8 Å². The van der Waals surface area contributed by atoms with Gasteiger partial charge in [0.25, 0.3) is 0 Å². The summed E-state index contributed by atoms with van der Waals surface area (Å²) >= 11 is 0. The molecule has 0 aromatic heterocycles. The number of nitrogens with two attached hydrogens (primary N) is 2. The number of allylic oxidation sites excluding steroid dienone is 2. The summed E-state index contributed by atoms with van der Waals surface area (Å²) in [7, 11) is 0. The van der Waals surface area contributed by atoms with Crippen LogP contribution in [0, 0.1) is 0 Å². The summed E-state index contributed by atoms with van der Waals surface area (Å²) in [6, 6.07) is 5.58. The van der Waals surface area contributed by atoms with Crippen molar-refractivity contribution in [3.8, 4) is 0 Å². The maximum atomic E-state index is 5.84. The molecule has 0 aliphatic rings. The van der Waals surface area contributed by atoms with Crippen LogP contribution in [-0.4, -0.2) is 0 Å². The van der Waals surface area contributed by atoms with Gasteiger partial charge in [-0.1, -0.05) is 5.57 Å². The molecule has 2 nitrogen and oxygen atoms in total. The molecule has 0 saturated carbocycles. The first-order chi connectivity index (χ1) is 6.02. The average molecular weight is 176 g/mol. The van der Waals surface area contributed by atoms with Crippen molar-refractivity contribution in [1.29, 1.82) is 0 Å². The Morgan fingerprint density at radius 3 is 2.23 bits per heavy atom. The van der Waals surface area contributed by atoms with Crippen LogP contribution in [0.3, 0.4) is 0 Å². The van der Waals surface area contributed by atoms with Gasteiger partial charge in [-0.25, -0.2) is 0 Å². The van der Waals surface area contributed by atoms with Crippen molar-refractivity contribution in [2.24, 2.45) is 0 Å². The summed E-state index contributed by atoms with van der Waals surface area (Å²) < 4.78 is 0. The van der Waals surface area contributed by atoms with Gasteiger partial charge in [-0.05, 0) is 44.5 Å². The fraction of sp³-hybridized carbons (Fsp3) is 0.273. The molecule has 0 amide bonds. The zero-order chi connectivity index (χ0) is 10.0. The zero-order valence-corrected chi connectivity index (χ0v) is 8.39. The van der Waals surface area contributed by atoms with Gasteiger partial charge in [-0.2, -0.15) is 0 Å². The molecule has 1 rings (SSSR count). The lowest BCUT2D eigenvalue weighted by molar-refractivity contribution is 1.36. The lowest BCUT2D eigenvalue weighted by atomic mass is 10.0. The molecule has 0 spiro atoms. The van der Waals surface area contributed by atoms with E-state index in [2.05, 4.69) is 20.8 Å². The smallest absolute Gasteiger partial charge is 0.0391 e. The predicted octanol–water partition coefficient (Wildman–Crippen LogP) is 2.66. The molecule has 0 bridgehead atoms. The minimum absolute atomic E-state index is 0.754. The van der Waals surface area contributed by atoms with Gasteiger partial charge in [-0.15, -0.1) is 0 Å². The average Bonchev–Trinajstić information content (AvgIpc) is 2.08. The summed E-state index contributed by atoms with van der Waals surface area (Å²) in [5, 5.41) is 0. The molecule has 4 N–H and O–H groups in total. The quantitative estimate of drug-likeness (QED) is 0.646. The molecule has 1 aromatic rings. The highest BCUT2D eigenvalue weighted by Crippen LogP contribution is 2.25. The van der Waals surface area contributed by atoms with Crippen molar-refractivity contribution in [3.63, 3.8) is 0 Å². The van der Waals surface area contributed by atoms with Crippen LogP contribution in [0.1, 0.15) is 26.3 Å². The van der Waals surface area contributed by atoms with Crippen molar-refractivity contribution in [3.05, 3.63) is 29.3 Å². The molecule has 1 aromatic carbocycles. The normalized spacial score (nSPS) is 9.77. The molecular weight excluding hydrogens is 160 g/mol. The van der Waals surface area contributed by atoms with Crippen molar-refractivity contribution >= 4 is 16.9 Å². The van der Waals surface area contributed by atoms with Crippen molar-refractivity contribution < 1.29 is 0 Å². The van der Waals surface area contributed by atoms with E-state index in [1.165, 1.54) is 11.1 Å². The third-order valence-corrected chi connectivity index (χ3v) is 2.23. The standard InChI is InChI=1S/C11H16N2/c1-7(2)8(3)10-6-9(12)4-5-11(10)13/h4-6H,12-13H2,1-3H3. The first kappa shape index (κ1) is 9.65. The molecule has 0 unspecified atom stereocenters. The van der Waals surface area contributed by atoms with Crippen LogP contribution in [0.4, 0.5) is 11.4 Å². The largest absolute Gasteiger partial charge is 0.399 e. The van der Waals surface area contributed by atoms with E-state index in [1.54, 1.807) is 0 Å². The Morgan fingerprint density at radius 2 is 1.69 bits per heavy atom. The first-order valence-corrected chi connectivity index (χ1v) is 4.32. The fourth-order valence-electron chi connectivity index (χ4n) is 1.17. The molecule has 0 aliphatic heterocycles. The van der Waals surface area contributed by atoms with Crippen molar-refractivity contribution in [1.82, 2.24) is 0 Å². The zero-order valence-electron chi connectivity index (χ0n) is 8.39. The molecule has 0 radical (unpaired) electrons. The van der Waals surface area contributed by atoms with Crippen LogP contribution in [0.2, 0.25) is 0 Å². The summed E-state index contributed by atoms with van der Waals surface area (Å²) in [5.41, 5.74) is 16.6. The van der Waals surface area contributed by atoms with Crippen molar-refractivity contribution in [2.75, 3.05) is 11.5 Å². The maximum Gasteiger partial charge on any atom is 0.0391 e. The molecular formula is C11H16N2. The molecule has 0 atom stereocenters. The van der Waals surface area contributed by atoms with E-state index in [0.717, 1.165) is 16.9 Å². The summed E-state index contributed by atoms with van der Waals surface area (Å²) in [5.74, 6) is 0. The van der Waals surface area contributed by atoms with E-state index in [-0.39, 0.29) is 0 Å². The molecule has 70 valence electrons. The van der Waals surface area contributed by atoms with Gasteiger partial charge in [0.1, 0.15) is 0 Å². The minimum Gasteiger partial charge on any atom is -0.399 e. The molecule has 0 heterocycles. The van der Waals surface area contributed by atoms with Gasteiger partial charge in [-0.3, -0.25) is 0 Å². The Labute approximate surface area is 79.2 Å². The Kier molecular flexibility index (Phi) is 2.61. The first-order valence-electron chi connectivity index (χ1n) is 4.32. The number of benzene rings is 1. The summed E-state index contributed by atoms with van der Waals surface area (Å²) in [6.45, 7) is 6.19. The number of hydrogen-bond acceptors (Lipinski definition) is 2. The minimum atomic E-state index is 0.754. The van der Waals surface area contributed by atoms with E-state index in [0.29, 0.717) is 0 Å². The van der Waals surface area contributed by atoms with E-state index in [1.807, 2.05) is 18.2 Å². The SMILES string of the molecule is CC(C)=C(C)c1cc(N)ccc1N. The number of hydrogen-bond donors (Lipinski definition) is 2. The topological polar surface area (TPSA) is 52.0 Å². The van der Waals surface area contributed by atoms with Crippen LogP contribution in [0.5, 0.6) is 0 Å². The molecule has 0 fully saturated rings. The number of anilines is 2. The van der Waals surface area contributed by atoms with E-state index >= 15 is 0 Å². The highest BCUT2D eigenvalue weighted by atomic mass is 14.6. The van der Waals surface area contributed by atoms with Crippen LogP contribution in [0.15, 0.2) is 23.8 Å². The van der Waals surface area contributed by atoms with Gasteiger partial charge in [0, 0.05) is 16.9 Å². The highest BCUT2D eigenvalue weighted by molar-refractivity contribution is 5.77. The van der Waals surface area contributed by atoms with Gasteiger partial charge in [0.05, 0.1) is 0 Å². The second-order valence-electron chi connectivity index (χ2n) is 3.47. The molecule has 2 heteroatoms. The van der Waals surface area contributed by atoms with Gasteiger partial charge in [0.2, 0.25) is 0 Å². The number of nitrogen functional groups attached to an aromatic ring is 2. The van der Waals surface area contributed by atoms with Crippen LogP contribution in [0.25, 0.3) is 5.57 Å². The van der Waals surface area contributed by atoms with Crippen LogP contribution in [-0.2, 0) is 0 Å². The van der Waals surface area contributed by atoms with E-state index in [9.17, 15) is 0 Å². The van der Waals surface area contributed by atoms with E-state index in [4.69, 9.17) is 11.5 Å². The third kappa shape index (κ3) is 2.02. The Hall–Kier alpha value is -1.44.